The number of ether oxygens (including phenoxy) is 1. The monoisotopic (exact) mass is 629 g/mol. The third kappa shape index (κ3) is 9.12. The molecule has 11 nitrogen and oxygen atoms in total. The number of aromatic hydroxyl groups is 1. The molecule has 1 heterocycles. The van der Waals surface area contributed by atoms with Crippen LogP contribution in [0, 0.1) is 0 Å². The van der Waals surface area contributed by atoms with Crippen molar-refractivity contribution >= 4 is 45.4 Å². The smallest absolute Gasteiger partial charge is 0.416 e. The first-order valence-corrected chi connectivity index (χ1v) is 12.8. The Morgan fingerprint density at radius 1 is 1.20 bits per heavy atom. The zero-order chi connectivity index (χ0) is 29.4. The maximum atomic E-state index is 13.3. The molecule has 0 spiro atoms. The summed E-state index contributed by atoms with van der Waals surface area (Å²) in [5, 5.41) is 30.1. The van der Waals surface area contributed by atoms with Crippen LogP contribution >= 0.6 is 15.9 Å². The van der Waals surface area contributed by atoms with Crippen LogP contribution in [0.5, 0.6) is 5.75 Å². The molecule has 2 atom stereocenters. The minimum Gasteiger partial charge on any atom is -0.508 e. The fraction of sp³-hybridized carbons (Fsp3) is 0.360. The number of esters is 1. The Kier molecular flexibility index (Phi) is 10.3. The van der Waals surface area contributed by atoms with Crippen molar-refractivity contribution in [1.29, 1.82) is 0 Å². The van der Waals surface area contributed by atoms with Crippen molar-refractivity contribution in [3.63, 3.8) is 0 Å². The number of benzene rings is 2. The van der Waals surface area contributed by atoms with E-state index in [0.29, 0.717) is 11.6 Å². The second-order valence-electron chi connectivity index (χ2n) is 8.70. The number of alkyl halides is 3. The molecule has 0 aromatic heterocycles. The molecule has 40 heavy (non-hydrogen) atoms. The number of anilines is 1. The molecule has 1 unspecified atom stereocenters. The minimum absolute atomic E-state index is 0.00312. The Morgan fingerprint density at radius 2 is 1.95 bits per heavy atom. The zero-order valence-electron chi connectivity index (χ0n) is 21.1. The molecule has 0 fully saturated rings. The summed E-state index contributed by atoms with van der Waals surface area (Å²) in [5.41, 5.74) is -0.671. The Morgan fingerprint density at radius 3 is 2.60 bits per heavy atom. The SMILES string of the molecule is CCOC(=O)C[C@H](NC(=O)CNC(=O)c1cc(O)cc(NC2=NCC(O)CN2)c1)c1cc(Br)cc(C(F)(F)F)c1. The number of nitrogens with one attached hydrogen (secondary N) is 4. The van der Waals surface area contributed by atoms with E-state index in [1.807, 2.05) is 0 Å². The lowest BCUT2D eigenvalue weighted by atomic mass is 10.0. The Labute approximate surface area is 235 Å². The van der Waals surface area contributed by atoms with Gasteiger partial charge in [0.25, 0.3) is 5.91 Å². The van der Waals surface area contributed by atoms with E-state index < -0.39 is 54.6 Å². The first kappa shape index (κ1) is 30.7. The summed E-state index contributed by atoms with van der Waals surface area (Å²) >= 11 is 3.02. The average molecular weight is 630 g/mol. The molecule has 0 radical (unpaired) electrons. The minimum atomic E-state index is -4.67. The number of β-amino-alcohol motifs (C(OH)–C–C–N with tert-alkyl or cyclic N) is 1. The lowest BCUT2D eigenvalue weighted by Crippen LogP contribution is -2.42. The number of phenolic OH excluding ortho intramolecular Hbond substituents is 1. The maximum absolute atomic E-state index is 13.3. The molecule has 216 valence electrons. The van der Waals surface area contributed by atoms with Gasteiger partial charge in [0, 0.05) is 28.3 Å². The van der Waals surface area contributed by atoms with Crippen molar-refractivity contribution in [3.8, 4) is 5.75 Å². The number of amides is 2. The first-order valence-electron chi connectivity index (χ1n) is 12.0. The largest absolute Gasteiger partial charge is 0.508 e. The summed E-state index contributed by atoms with van der Waals surface area (Å²) in [6.07, 6.45) is -5.74. The number of hydrogen-bond acceptors (Lipinski definition) is 9. The number of phenols is 1. The highest BCUT2D eigenvalue weighted by Gasteiger charge is 2.32. The van der Waals surface area contributed by atoms with Crippen molar-refractivity contribution in [2.45, 2.75) is 31.7 Å². The van der Waals surface area contributed by atoms with Gasteiger partial charge >= 0.3 is 12.1 Å². The quantitative estimate of drug-likeness (QED) is 0.231. The lowest BCUT2D eigenvalue weighted by Gasteiger charge is -2.21. The molecule has 6 N–H and O–H groups in total. The van der Waals surface area contributed by atoms with Gasteiger partial charge in [-0.15, -0.1) is 0 Å². The molecule has 0 saturated carbocycles. The van der Waals surface area contributed by atoms with Crippen molar-refractivity contribution in [1.82, 2.24) is 16.0 Å². The van der Waals surface area contributed by atoms with E-state index in [1.54, 1.807) is 6.92 Å². The van der Waals surface area contributed by atoms with E-state index >= 15 is 0 Å². The highest BCUT2D eigenvalue weighted by Crippen LogP contribution is 2.34. The second-order valence-corrected chi connectivity index (χ2v) is 9.62. The number of aliphatic hydroxyl groups excluding tert-OH is 1. The standard InChI is InChI=1S/C25H27BrF3N5O6/c1-2-40-22(38)9-20(13-3-15(25(27,28)29)7-16(26)4-13)34-21(37)12-30-23(39)14-5-17(8-18(35)6-14)33-24-31-10-19(36)11-32-24/h3-8,19-20,35-36H,2,9-12H2,1H3,(H,30,39)(H,34,37)(H2,31,32,33)/t20-/m0/s1. The van der Waals surface area contributed by atoms with Crippen LogP contribution in [0.2, 0.25) is 0 Å². The van der Waals surface area contributed by atoms with Crippen molar-refractivity contribution in [2.75, 3.05) is 31.6 Å². The number of rotatable bonds is 9. The van der Waals surface area contributed by atoms with Crippen LogP contribution in [0.25, 0.3) is 0 Å². The molecule has 3 rings (SSSR count). The molecule has 2 aromatic carbocycles. The number of hydrogen-bond donors (Lipinski definition) is 6. The number of nitrogens with zero attached hydrogens (tertiary/aromatic N) is 1. The fourth-order valence-electron chi connectivity index (χ4n) is 3.69. The summed E-state index contributed by atoms with van der Waals surface area (Å²) < 4.78 is 45.0. The number of guanidine groups is 1. The molecular weight excluding hydrogens is 603 g/mol. The molecule has 2 amide bonds. The van der Waals surface area contributed by atoms with E-state index in [2.05, 4.69) is 42.2 Å². The van der Waals surface area contributed by atoms with Gasteiger partial charge in [-0.1, -0.05) is 15.9 Å². The van der Waals surface area contributed by atoms with Gasteiger partial charge in [0.2, 0.25) is 5.91 Å². The predicted molar refractivity (Wildman–Crippen MR) is 142 cm³/mol. The number of carbonyl (C=O) groups excluding carboxylic acids is 3. The fourth-order valence-corrected chi connectivity index (χ4v) is 4.20. The van der Waals surface area contributed by atoms with Crippen molar-refractivity contribution in [3.05, 3.63) is 57.6 Å². The summed E-state index contributed by atoms with van der Waals surface area (Å²) in [6.45, 7) is 1.46. The van der Waals surface area contributed by atoms with Crippen LogP contribution in [0.1, 0.15) is 40.9 Å². The van der Waals surface area contributed by atoms with Crippen LogP contribution in [0.3, 0.4) is 0 Å². The summed E-state index contributed by atoms with van der Waals surface area (Å²) in [6, 6.07) is 5.75. The zero-order valence-corrected chi connectivity index (χ0v) is 22.7. The third-order valence-electron chi connectivity index (χ3n) is 5.48. The van der Waals surface area contributed by atoms with Gasteiger partial charge in [-0.05, 0) is 42.8 Å². The second kappa shape index (κ2) is 13.5. The maximum Gasteiger partial charge on any atom is 0.416 e. The van der Waals surface area contributed by atoms with Gasteiger partial charge in [-0.3, -0.25) is 19.4 Å². The van der Waals surface area contributed by atoms with Crippen LogP contribution in [-0.4, -0.2) is 66.3 Å². The van der Waals surface area contributed by atoms with E-state index in [-0.39, 0.29) is 41.0 Å². The molecule has 0 bridgehead atoms. The molecule has 0 saturated heterocycles. The third-order valence-corrected chi connectivity index (χ3v) is 5.94. The topological polar surface area (TPSA) is 161 Å². The Balaban J connectivity index is 1.70. The Hall–Kier alpha value is -3.85. The molecule has 15 heteroatoms. The van der Waals surface area contributed by atoms with Gasteiger partial charge in [-0.2, -0.15) is 13.2 Å². The van der Waals surface area contributed by atoms with E-state index in [9.17, 15) is 37.8 Å². The van der Waals surface area contributed by atoms with Crippen molar-refractivity contribution < 1.29 is 42.5 Å². The van der Waals surface area contributed by atoms with Gasteiger partial charge in [0.1, 0.15) is 5.75 Å². The van der Waals surface area contributed by atoms with Gasteiger partial charge in [0.15, 0.2) is 5.96 Å². The highest BCUT2D eigenvalue weighted by atomic mass is 79.9. The number of aliphatic hydroxyl groups is 1. The molecule has 0 aliphatic carbocycles. The van der Waals surface area contributed by atoms with E-state index in [4.69, 9.17) is 4.74 Å². The van der Waals surface area contributed by atoms with Crippen molar-refractivity contribution in [2.24, 2.45) is 4.99 Å². The van der Waals surface area contributed by atoms with Crippen LogP contribution in [-0.2, 0) is 20.5 Å². The van der Waals surface area contributed by atoms with Gasteiger partial charge in [0.05, 0.1) is 43.8 Å². The van der Waals surface area contributed by atoms with Crippen LogP contribution in [0.4, 0.5) is 18.9 Å². The lowest BCUT2D eigenvalue weighted by molar-refractivity contribution is -0.143. The number of carbonyl (C=O) groups is 3. The average Bonchev–Trinajstić information content (AvgIpc) is 2.87. The van der Waals surface area contributed by atoms with Crippen LogP contribution < -0.4 is 21.3 Å². The van der Waals surface area contributed by atoms with E-state index in [0.717, 1.165) is 12.1 Å². The molecule has 1 aliphatic rings. The van der Waals surface area contributed by atoms with Gasteiger partial charge < -0.3 is 36.2 Å². The summed E-state index contributed by atoms with van der Waals surface area (Å²) in [7, 11) is 0. The molecule has 2 aromatic rings. The van der Waals surface area contributed by atoms with Gasteiger partial charge in [-0.25, -0.2) is 0 Å². The van der Waals surface area contributed by atoms with E-state index in [1.165, 1.54) is 24.3 Å². The molecule has 1 aliphatic heterocycles. The predicted octanol–water partition coefficient (Wildman–Crippen LogP) is 2.45. The van der Waals surface area contributed by atoms with Crippen LogP contribution in [0.15, 0.2) is 45.9 Å². The number of halogens is 4. The Bertz CT molecular complexity index is 1290. The summed E-state index contributed by atoms with van der Waals surface area (Å²) in [5.74, 6) is -2.17. The summed E-state index contributed by atoms with van der Waals surface area (Å²) in [4.78, 5) is 41.6. The molecular formula is C25H27BrF3N5O6. The number of aliphatic imine (C=N–C) groups is 1. The normalized spacial score (nSPS) is 15.8. The first-order chi connectivity index (χ1) is 18.8. The highest BCUT2D eigenvalue weighted by molar-refractivity contribution is 9.10.